The molecule has 110 valence electrons. The standard InChI is InChI=1S/C12H15F2N3O3/c1-15-2-4-16(5-3-15)12-8(7-18)11(14)10(17(19)20)6-9(12)13/h6,18H,2-5,7H2,1H3. The largest absolute Gasteiger partial charge is 0.391 e. The Morgan fingerprint density at radius 3 is 2.45 bits per heavy atom. The number of hydrogen-bond acceptors (Lipinski definition) is 5. The Bertz CT molecular complexity index is 531. The minimum absolute atomic E-state index is 0.0799. The maximum absolute atomic E-state index is 14.1. The van der Waals surface area contributed by atoms with Crippen LogP contribution in [0.4, 0.5) is 20.2 Å². The third-order valence-corrected chi connectivity index (χ3v) is 3.44. The number of benzene rings is 1. The van der Waals surface area contributed by atoms with E-state index in [0.717, 1.165) is 0 Å². The van der Waals surface area contributed by atoms with Crippen molar-refractivity contribution in [3.05, 3.63) is 33.4 Å². The highest BCUT2D eigenvalue weighted by atomic mass is 19.1. The molecule has 0 unspecified atom stereocenters. The summed E-state index contributed by atoms with van der Waals surface area (Å²) in [5.41, 5.74) is -1.39. The van der Waals surface area contributed by atoms with Crippen molar-refractivity contribution < 1.29 is 18.8 Å². The van der Waals surface area contributed by atoms with Gasteiger partial charge in [0.15, 0.2) is 5.82 Å². The van der Waals surface area contributed by atoms with Crippen LogP contribution in [0.5, 0.6) is 0 Å². The fourth-order valence-corrected chi connectivity index (χ4v) is 2.30. The molecule has 1 fully saturated rings. The van der Waals surface area contributed by atoms with Gasteiger partial charge in [-0.25, -0.2) is 4.39 Å². The zero-order valence-electron chi connectivity index (χ0n) is 11.0. The van der Waals surface area contributed by atoms with Crippen LogP contribution in [0.15, 0.2) is 6.07 Å². The van der Waals surface area contributed by atoms with Gasteiger partial charge in [-0.1, -0.05) is 0 Å². The van der Waals surface area contributed by atoms with E-state index < -0.39 is 28.9 Å². The van der Waals surface area contributed by atoms with Crippen molar-refractivity contribution in [1.29, 1.82) is 0 Å². The second-order valence-corrected chi connectivity index (χ2v) is 4.72. The van der Waals surface area contributed by atoms with Crippen molar-refractivity contribution >= 4 is 11.4 Å². The second kappa shape index (κ2) is 5.68. The van der Waals surface area contributed by atoms with E-state index in [9.17, 15) is 24.0 Å². The Labute approximate surface area is 114 Å². The number of rotatable bonds is 3. The van der Waals surface area contributed by atoms with E-state index in [-0.39, 0.29) is 11.3 Å². The first-order valence-corrected chi connectivity index (χ1v) is 6.15. The minimum atomic E-state index is -1.17. The number of nitro groups is 1. The Morgan fingerprint density at radius 2 is 1.95 bits per heavy atom. The number of piperazine rings is 1. The molecule has 2 rings (SSSR count). The lowest BCUT2D eigenvalue weighted by molar-refractivity contribution is -0.387. The summed E-state index contributed by atoms with van der Waals surface area (Å²) < 4.78 is 28.1. The van der Waals surface area contributed by atoms with Crippen molar-refractivity contribution in [2.45, 2.75) is 6.61 Å². The minimum Gasteiger partial charge on any atom is -0.391 e. The average Bonchev–Trinajstić information content (AvgIpc) is 2.41. The Kier molecular flexibility index (Phi) is 4.15. The van der Waals surface area contributed by atoms with E-state index in [0.29, 0.717) is 32.2 Å². The van der Waals surface area contributed by atoms with Crippen LogP contribution in [0, 0.1) is 21.7 Å². The molecule has 1 heterocycles. The summed E-state index contributed by atoms with van der Waals surface area (Å²) in [7, 11) is 1.91. The summed E-state index contributed by atoms with van der Waals surface area (Å²) in [6.07, 6.45) is 0. The molecule has 20 heavy (non-hydrogen) atoms. The lowest BCUT2D eigenvalue weighted by atomic mass is 10.1. The fraction of sp³-hybridized carbons (Fsp3) is 0.500. The van der Waals surface area contributed by atoms with Gasteiger partial charge in [0.05, 0.1) is 23.3 Å². The zero-order chi connectivity index (χ0) is 14.9. The first-order chi connectivity index (χ1) is 9.45. The van der Waals surface area contributed by atoms with Crippen LogP contribution in [0.2, 0.25) is 0 Å². The summed E-state index contributed by atoms with van der Waals surface area (Å²) in [6.45, 7) is 1.49. The summed E-state index contributed by atoms with van der Waals surface area (Å²) in [4.78, 5) is 13.3. The van der Waals surface area contributed by atoms with Crippen molar-refractivity contribution in [2.75, 3.05) is 38.1 Å². The number of nitro benzene ring substituents is 1. The third kappa shape index (κ3) is 2.56. The van der Waals surface area contributed by atoms with Crippen LogP contribution in [0.1, 0.15) is 5.56 Å². The molecule has 0 aliphatic carbocycles. The van der Waals surface area contributed by atoms with Gasteiger partial charge in [-0.15, -0.1) is 0 Å². The Hall–Kier alpha value is -1.80. The molecule has 6 nitrogen and oxygen atoms in total. The summed E-state index contributed by atoms with van der Waals surface area (Å²) in [5.74, 6) is -2.06. The molecular formula is C12H15F2N3O3. The molecule has 1 aliphatic heterocycles. The number of hydrogen-bond donors (Lipinski definition) is 1. The lowest BCUT2D eigenvalue weighted by Crippen LogP contribution is -2.45. The van der Waals surface area contributed by atoms with E-state index in [1.54, 1.807) is 4.90 Å². The van der Waals surface area contributed by atoms with Crippen LogP contribution in [-0.4, -0.2) is 48.2 Å². The van der Waals surface area contributed by atoms with Crippen LogP contribution in [-0.2, 0) is 6.61 Å². The average molecular weight is 287 g/mol. The molecule has 0 saturated carbocycles. The number of nitrogens with zero attached hydrogens (tertiary/aromatic N) is 3. The summed E-state index contributed by atoms with van der Waals surface area (Å²) in [5, 5.41) is 19.9. The molecule has 1 aromatic carbocycles. The van der Waals surface area contributed by atoms with Gasteiger partial charge in [-0.2, -0.15) is 4.39 Å². The van der Waals surface area contributed by atoms with Gasteiger partial charge in [-0.05, 0) is 7.05 Å². The number of halogens is 2. The molecule has 1 N–H and O–H groups in total. The first kappa shape index (κ1) is 14.6. The number of anilines is 1. The van der Waals surface area contributed by atoms with E-state index in [4.69, 9.17) is 0 Å². The summed E-state index contributed by atoms with van der Waals surface area (Å²) in [6, 6.07) is 0.572. The monoisotopic (exact) mass is 287 g/mol. The van der Waals surface area contributed by atoms with Gasteiger partial charge in [0.2, 0.25) is 5.82 Å². The van der Waals surface area contributed by atoms with Crippen LogP contribution < -0.4 is 4.90 Å². The lowest BCUT2D eigenvalue weighted by Gasteiger charge is -2.35. The van der Waals surface area contributed by atoms with Crippen molar-refractivity contribution in [2.24, 2.45) is 0 Å². The van der Waals surface area contributed by atoms with E-state index in [2.05, 4.69) is 0 Å². The van der Waals surface area contributed by atoms with Crippen molar-refractivity contribution in [3.8, 4) is 0 Å². The van der Waals surface area contributed by atoms with Crippen LogP contribution in [0.25, 0.3) is 0 Å². The molecule has 0 amide bonds. The predicted octanol–water partition coefficient (Wildman–Crippen LogP) is 1.12. The highest BCUT2D eigenvalue weighted by molar-refractivity contribution is 5.60. The molecule has 0 aromatic heterocycles. The normalized spacial score (nSPS) is 16.5. The highest BCUT2D eigenvalue weighted by Crippen LogP contribution is 2.33. The smallest absolute Gasteiger partial charge is 0.308 e. The highest BCUT2D eigenvalue weighted by Gasteiger charge is 2.28. The zero-order valence-corrected chi connectivity index (χ0v) is 11.0. The topological polar surface area (TPSA) is 69.9 Å². The Morgan fingerprint density at radius 1 is 1.35 bits per heavy atom. The number of likely N-dealkylation sites (N-methyl/N-ethyl adjacent to an activating group) is 1. The van der Waals surface area contributed by atoms with E-state index in [1.807, 2.05) is 11.9 Å². The van der Waals surface area contributed by atoms with Gasteiger partial charge in [0.1, 0.15) is 0 Å². The number of aliphatic hydroxyl groups excluding tert-OH is 1. The van der Waals surface area contributed by atoms with Gasteiger partial charge < -0.3 is 14.9 Å². The molecule has 0 spiro atoms. The van der Waals surface area contributed by atoms with Crippen LogP contribution >= 0.6 is 0 Å². The second-order valence-electron chi connectivity index (χ2n) is 4.72. The molecule has 0 atom stereocenters. The van der Waals surface area contributed by atoms with Gasteiger partial charge in [0, 0.05) is 31.7 Å². The molecule has 1 saturated heterocycles. The van der Waals surface area contributed by atoms with Gasteiger partial charge in [0.25, 0.3) is 0 Å². The quantitative estimate of drug-likeness (QED) is 0.666. The maximum atomic E-state index is 14.1. The van der Waals surface area contributed by atoms with Gasteiger partial charge >= 0.3 is 5.69 Å². The van der Waals surface area contributed by atoms with Crippen LogP contribution in [0.3, 0.4) is 0 Å². The molecule has 0 bridgehead atoms. The maximum Gasteiger partial charge on any atom is 0.308 e. The molecule has 0 radical (unpaired) electrons. The van der Waals surface area contributed by atoms with Crippen molar-refractivity contribution in [3.63, 3.8) is 0 Å². The fourth-order valence-electron chi connectivity index (χ4n) is 2.30. The molecule has 1 aliphatic rings. The SMILES string of the molecule is CN1CCN(c2c(F)cc([N+](=O)[O-])c(F)c2CO)CC1. The van der Waals surface area contributed by atoms with E-state index in [1.165, 1.54) is 0 Å². The molecular weight excluding hydrogens is 272 g/mol. The predicted molar refractivity (Wildman–Crippen MR) is 68.6 cm³/mol. The first-order valence-electron chi connectivity index (χ1n) is 6.15. The van der Waals surface area contributed by atoms with Gasteiger partial charge in [-0.3, -0.25) is 10.1 Å². The summed E-state index contributed by atoms with van der Waals surface area (Å²) >= 11 is 0. The Balaban J connectivity index is 2.47. The van der Waals surface area contributed by atoms with E-state index >= 15 is 0 Å². The third-order valence-electron chi connectivity index (χ3n) is 3.44. The molecule has 1 aromatic rings. The molecule has 8 heteroatoms. The number of aliphatic hydroxyl groups is 1. The van der Waals surface area contributed by atoms with Crippen molar-refractivity contribution in [1.82, 2.24) is 4.90 Å².